The highest BCUT2D eigenvalue weighted by Gasteiger charge is 2.38. The third kappa shape index (κ3) is 4.39. The van der Waals surface area contributed by atoms with Crippen LogP contribution in [-0.4, -0.2) is 17.2 Å². The molecule has 5 heteroatoms. The average molecular weight is 297 g/mol. The summed E-state index contributed by atoms with van der Waals surface area (Å²) in [7, 11) is 0. The Hall–Kier alpha value is -1.26. The first-order valence-electron chi connectivity index (χ1n) is 6.74. The molecule has 1 fully saturated rings. The van der Waals surface area contributed by atoms with E-state index in [0.29, 0.717) is 10.7 Å². The first-order valence-corrected chi connectivity index (χ1v) is 7.12. The van der Waals surface area contributed by atoms with Crippen LogP contribution in [0.4, 0.5) is 10.5 Å². The number of rotatable bonds is 3. The quantitative estimate of drug-likeness (QED) is 0.893. The van der Waals surface area contributed by atoms with Crippen LogP contribution >= 0.6 is 11.6 Å². The van der Waals surface area contributed by atoms with Crippen molar-refractivity contribution in [2.24, 2.45) is 5.73 Å². The minimum atomic E-state index is -0.522. The molecule has 1 aromatic rings. The van der Waals surface area contributed by atoms with E-state index >= 15 is 0 Å². The molecule has 0 saturated heterocycles. The molecule has 3 N–H and O–H groups in total. The van der Waals surface area contributed by atoms with Crippen molar-refractivity contribution < 1.29 is 9.53 Å². The van der Waals surface area contributed by atoms with Crippen molar-refractivity contribution in [2.45, 2.75) is 51.2 Å². The van der Waals surface area contributed by atoms with E-state index in [2.05, 4.69) is 5.32 Å². The van der Waals surface area contributed by atoms with Crippen molar-refractivity contribution in [2.75, 3.05) is 5.32 Å². The van der Waals surface area contributed by atoms with E-state index in [1.54, 1.807) is 6.07 Å². The van der Waals surface area contributed by atoms with Crippen molar-refractivity contribution in [1.82, 2.24) is 0 Å². The van der Waals surface area contributed by atoms with Crippen LogP contribution in [0.2, 0.25) is 5.02 Å². The molecule has 0 bridgehead atoms. The molecular formula is C15H21ClN2O2. The van der Waals surface area contributed by atoms with Crippen LogP contribution in [0.3, 0.4) is 0 Å². The lowest BCUT2D eigenvalue weighted by Gasteiger charge is -2.20. The smallest absolute Gasteiger partial charge is 0.412 e. The lowest BCUT2D eigenvalue weighted by molar-refractivity contribution is 0.0636. The summed E-state index contributed by atoms with van der Waals surface area (Å²) in [6.07, 6.45) is 2.37. The number of hydrogen-bond donors (Lipinski definition) is 2. The van der Waals surface area contributed by atoms with Crippen molar-refractivity contribution >= 4 is 23.4 Å². The van der Waals surface area contributed by atoms with Gasteiger partial charge in [0.2, 0.25) is 0 Å². The van der Waals surface area contributed by atoms with Gasteiger partial charge in [-0.25, -0.2) is 4.79 Å². The fraction of sp³-hybridized carbons (Fsp3) is 0.533. The van der Waals surface area contributed by atoms with Gasteiger partial charge < -0.3 is 10.5 Å². The van der Waals surface area contributed by atoms with E-state index in [1.165, 1.54) is 0 Å². The summed E-state index contributed by atoms with van der Waals surface area (Å²) in [5.74, 6) is 0. The molecule has 20 heavy (non-hydrogen) atoms. The number of carbonyl (C=O) groups is 1. The third-order valence-electron chi connectivity index (χ3n) is 3.13. The highest BCUT2D eigenvalue weighted by Crippen LogP contribution is 2.37. The van der Waals surface area contributed by atoms with E-state index < -0.39 is 11.7 Å². The zero-order valence-corrected chi connectivity index (χ0v) is 12.9. The van der Waals surface area contributed by atoms with Crippen molar-refractivity contribution in [1.29, 1.82) is 0 Å². The van der Waals surface area contributed by atoms with E-state index in [-0.39, 0.29) is 5.54 Å². The molecule has 0 spiro atoms. The average Bonchev–Trinajstić information content (AvgIpc) is 2.98. The highest BCUT2D eigenvalue weighted by atomic mass is 35.5. The van der Waals surface area contributed by atoms with Gasteiger partial charge in [0.1, 0.15) is 5.60 Å². The molecule has 0 atom stereocenters. The SMILES string of the molecule is CC(C)(C)OC(=O)Nc1ccc(CC2(N)CC2)c(Cl)c1. The largest absolute Gasteiger partial charge is 0.444 e. The molecule has 110 valence electrons. The number of carbonyl (C=O) groups excluding carboxylic acids is 1. The van der Waals surface area contributed by atoms with Crippen LogP contribution in [0.25, 0.3) is 0 Å². The van der Waals surface area contributed by atoms with E-state index in [0.717, 1.165) is 24.8 Å². The van der Waals surface area contributed by atoms with Crippen molar-refractivity contribution in [3.05, 3.63) is 28.8 Å². The van der Waals surface area contributed by atoms with E-state index in [1.807, 2.05) is 32.9 Å². The standard InChI is InChI=1S/C15H21ClN2O2/c1-14(2,3)20-13(19)18-11-5-4-10(12(16)8-11)9-15(17)6-7-15/h4-5,8H,6-7,9,17H2,1-3H3,(H,18,19). The van der Waals surface area contributed by atoms with E-state index in [4.69, 9.17) is 22.1 Å². The topological polar surface area (TPSA) is 64.3 Å². The van der Waals surface area contributed by atoms with Crippen LogP contribution in [0.15, 0.2) is 18.2 Å². The van der Waals surface area contributed by atoms with Crippen molar-refractivity contribution in [3.8, 4) is 0 Å². The number of hydrogen-bond acceptors (Lipinski definition) is 3. The third-order valence-corrected chi connectivity index (χ3v) is 3.48. The first kappa shape index (κ1) is 15.1. The zero-order valence-electron chi connectivity index (χ0n) is 12.1. The van der Waals surface area contributed by atoms with Gasteiger partial charge >= 0.3 is 6.09 Å². The molecule has 2 rings (SSSR count). The molecule has 0 radical (unpaired) electrons. The molecule has 1 aromatic carbocycles. The molecule has 0 aliphatic heterocycles. The Kier molecular flexibility index (Phi) is 3.98. The molecule has 0 heterocycles. The molecule has 0 aromatic heterocycles. The lowest BCUT2D eigenvalue weighted by atomic mass is 10.0. The minimum absolute atomic E-state index is 0.0796. The molecule has 1 saturated carbocycles. The molecule has 1 aliphatic rings. The van der Waals surface area contributed by atoms with Gasteiger partial charge in [-0.15, -0.1) is 0 Å². The van der Waals surface area contributed by atoms with Crippen LogP contribution in [-0.2, 0) is 11.2 Å². The number of anilines is 1. The second-order valence-electron chi connectivity index (χ2n) is 6.47. The minimum Gasteiger partial charge on any atom is -0.444 e. The highest BCUT2D eigenvalue weighted by molar-refractivity contribution is 6.31. The monoisotopic (exact) mass is 296 g/mol. The zero-order chi connectivity index (χ0) is 15.0. The molecule has 1 amide bonds. The van der Waals surface area contributed by atoms with Crippen LogP contribution < -0.4 is 11.1 Å². The van der Waals surface area contributed by atoms with Gasteiger partial charge in [0, 0.05) is 16.2 Å². The summed E-state index contributed by atoms with van der Waals surface area (Å²) in [5, 5.41) is 3.29. The van der Waals surface area contributed by atoms with Crippen LogP contribution in [0, 0.1) is 0 Å². The maximum Gasteiger partial charge on any atom is 0.412 e. The summed E-state index contributed by atoms with van der Waals surface area (Å²) in [6.45, 7) is 5.46. The Labute approximate surface area is 124 Å². The normalized spacial score (nSPS) is 16.6. The van der Waals surface area contributed by atoms with Crippen LogP contribution in [0.5, 0.6) is 0 Å². The van der Waals surface area contributed by atoms with Gasteiger partial charge in [-0.1, -0.05) is 17.7 Å². The molecule has 4 nitrogen and oxygen atoms in total. The number of nitrogens with two attached hydrogens (primary N) is 1. The summed E-state index contributed by atoms with van der Waals surface area (Å²) < 4.78 is 5.19. The lowest BCUT2D eigenvalue weighted by Crippen LogP contribution is -2.27. The first-order chi connectivity index (χ1) is 9.17. The number of benzene rings is 1. The predicted molar refractivity (Wildman–Crippen MR) is 81.2 cm³/mol. The second-order valence-corrected chi connectivity index (χ2v) is 6.88. The van der Waals surface area contributed by atoms with Gasteiger partial charge in [-0.3, -0.25) is 5.32 Å². The molecular weight excluding hydrogens is 276 g/mol. The predicted octanol–water partition coefficient (Wildman–Crippen LogP) is 3.72. The van der Waals surface area contributed by atoms with Gasteiger partial charge in [0.25, 0.3) is 0 Å². The maximum atomic E-state index is 11.7. The van der Waals surface area contributed by atoms with Crippen LogP contribution in [0.1, 0.15) is 39.2 Å². The van der Waals surface area contributed by atoms with Gasteiger partial charge in [-0.05, 0) is 57.7 Å². The number of nitrogens with one attached hydrogen (secondary N) is 1. The summed E-state index contributed by atoms with van der Waals surface area (Å²) in [5.41, 5.74) is 7.12. The Morgan fingerprint density at radius 3 is 2.60 bits per heavy atom. The number of ether oxygens (including phenoxy) is 1. The summed E-state index contributed by atoms with van der Waals surface area (Å²) in [6, 6.07) is 5.45. The number of halogens is 1. The second kappa shape index (κ2) is 5.26. The van der Waals surface area contributed by atoms with Gasteiger partial charge in [0.15, 0.2) is 0 Å². The fourth-order valence-corrected chi connectivity index (χ4v) is 2.15. The van der Waals surface area contributed by atoms with Gasteiger partial charge in [-0.2, -0.15) is 0 Å². The Bertz CT molecular complexity index is 519. The van der Waals surface area contributed by atoms with Crippen molar-refractivity contribution in [3.63, 3.8) is 0 Å². The van der Waals surface area contributed by atoms with Gasteiger partial charge in [0.05, 0.1) is 0 Å². The Balaban J connectivity index is 2.00. The fourth-order valence-electron chi connectivity index (χ4n) is 1.91. The number of amides is 1. The summed E-state index contributed by atoms with van der Waals surface area (Å²) >= 11 is 6.23. The molecule has 1 aliphatic carbocycles. The molecule has 0 unspecified atom stereocenters. The Morgan fingerprint density at radius 1 is 1.45 bits per heavy atom. The van der Waals surface area contributed by atoms with E-state index in [9.17, 15) is 4.79 Å². The maximum absolute atomic E-state index is 11.7. The Morgan fingerprint density at radius 2 is 2.10 bits per heavy atom. The summed E-state index contributed by atoms with van der Waals surface area (Å²) in [4.78, 5) is 11.7.